The van der Waals surface area contributed by atoms with Gasteiger partial charge in [0, 0.05) is 91.2 Å². The first-order valence-corrected chi connectivity index (χ1v) is 21.3. The van der Waals surface area contributed by atoms with Crippen LogP contribution in [0.3, 0.4) is 0 Å². The quantitative estimate of drug-likeness (QED) is 0.122. The van der Waals surface area contributed by atoms with Crippen molar-refractivity contribution in [3.05, 3.63) is 82.0 Å². The van der Waals surface area contributed by atoms with E-state index in [2.05, 4.69) is 90.6 Å². The minimum atomic E-state index is -0.589. The minimum absolute atomic E-state index is 0.105. The molecule has 3 atom stereocenters. The molecule has 0 aliphatic carbocycles. The van der Waals surface area contributed by atoms with Crippen molar-refractivity contribution in [2.75, 3.05) is 79.7 Å². The highest BCUT2D eigenvalue weighted by molar-refractivity contribution is 9.10. The maximum absolute atomic E-state index is 11.4. The standard InChI is InChI=1S/C21H24BrN5O3.C21H26BrN5O2/c1-14(28)27-8-6-26(7-9-27)12-17(29)13-30-18-4-2-15(3-5-18)20-24-19-10-16(22)11-23-21(19)25-20;1-26(2)16-7-8-27(11-16)12-17(28)13-29-18-5-3-14(4-6-18)20-24-19-9-15(22)10-23-21(19)25-20/h2-5,10-11,17,29H,6-9,12-13H2,1H3,(H,23,24,25);3-6,9-10,16-17,28H,7-8,11-13H2,1-2H3,(H,23,24,25). The highest BCUT2D eigenvalue weighted by Gasteiger charge is 2.25. The number of carbonyl (C=O) groups excluding carboxylic acids is 1. The number of fused-ring (bicyclic) bond motifs is 2. The molecule has 59 heavy (non-hydrogen) atoms. The summed E-state index contributed by atoms with van der Waals surface area (Å²) < 4.78 is 13.3. The van der Waals surface area contributed by atoms with Gasteiger partial charge in [-0.1, -0.05) is 0 Å². The third kappa shape index (κ3) is 11.6. The highest BCUT2D eigenvalue weighted by atomic mass is 79.9. The van der Waals surface area contributed by atoms with Crippen LogP contribution in [0.15, 0.2) is 82.0 Å². The molecule has 15 nitrogen and oxygen atoms in total. The Labute approximate surface area is 360 Å². The van der Waals surface area contributed by atoms with E-state index >= 15 is 0 Å². The van der Waals surface area contributed by atoms with E-state index in [1.54, 1.807) is 19.3 Å². The number of amides is 1. The molecule has 4 N–H and O–H groups in total. The molecule has 0 saturated carbocycles. The molecule has 6 heterocycles. The number of nitrogens with zero attached hydrogens (tertiary/aromatic N) is 8. The number of rotatable bonds is 13. The molecule has 17 heteroatoms. The van der Waals surface area contributed by atoms with Gasteiger partial charge in [-0.2, -0.15) is 0 Å². The second-order valence-electron chi connectivity index (χ2n) is 15.2. The van der Waals surface area contributed by atoms with Crippen LogP contribution in [-0.2, 0) is 4.79 Å². The first-order valence-electron chi connectivity index (χ1n) is 19.7. The largest absolute Gasteiger partial charge is 0.491 e. The van der Waals surface area contributed by atoms with E-state index in [0.717, 1.165) is 81.1 Å². The van der Waals surface area contributed by atoms with Crippen molar-refractivity contribution in [3.8, 4) is 34.3 Å². The molecule has 2 saturated heterocycles. The van der Waals surface area contributed by atoms with Gasteiger partial charge in [-0.15, -0.1) is 0 Å². The lowest BCUT2D eigenvalue weighted by Crippen LogP contribution is -2.50. The number of likely N-dealkylation sites (N-methyl/N-ethyl adjacent to an activating group) is 1. The number of aliphatic hydroxyl groups is 2. The summed E-state index contributed by atoms with van der Waals surface area (Å²) in [7, 11) is 4.22. The number of ether oxygens (including phenoxy) is 2. The lowest BCUT2D eigenvalue weighted by molar-refractivity contribution is -0.130. The Morgan fingerprint density at radius 1 is 0.763 bits per heavy atom. The number of halogens is 2. The number of imidazole rings is 2. The molecule has 6 aromatic rings. The van der Waals surface area contributed by atoms with E-state index < -0.39 is 12.2 Å². The number of piperazine rings is 1. The molecular weight excluding hydrogens is 884 g/mol. The van der Waals surface area contributed by atoms with Crippen molar-refractivity contribution in [1.29, 1.82) is 0 Å². The van der Waals surface area contributed by atoms with E-state index in [-0.39, 0.29) is 19.1 Å². The third-order valence-electron chi connectivity index (χ3n) is 10.5. The number of aromatic amines is 2. The van der Waals surface area contributed by atoms with Crippen LogP contribution in [0.2, 0.25) is 0 Å². The van der Waals surface area contributed by atoms with Crippen molar-refractivity contribution in [3.63, 3.8) is 0 Å². The van der Waals surface area contributed by atoms with E-state index in [9.17, 15) is 15.0 Å². The van der Waals surface area contributed by atoms with Crippen molar-refractivity contribution < 1.29 is 24.5 Å². The van der Waals surface area contributed by atoms with Gasteiger partial charge in [0.2, 0.25) is 5.91 Å². The molecule has 2 aromatic carbocycles. The Hall–Kier alpha value is -4.49. The lowest BCUT2D eigenvalue weighted by Gasteiger charge is -2.35. The van der Waals surface area contributed by atoms with Crippen molar-refractivity contribution in [2.24, 2.45) is 0 Å². The Morgan fingerprint density at radius 2 is 1.24 bits per heavy atom. The van der Waals surface area contributed by atoms with Crippen LogP contribution >= 0.6 is 31.9 Å². The molecule has 1 amide bonds. The topological polar surface area (TPSA) is 172 Å². The molecule has 3 unspecified atom stereocenters. The summed E-state index contributed by atoms with van der Waals surface area (Å²) in [4.78, 5) is 44.1. The first kappa shape index (κ1) is 42.6. The predicted molar refractivity (Wildman–Crippen MR) is 234 cm³/mol. The average Bonchev–Trinajstić information content (AvgIpc) is 3.99. The number of nitrogens with one attached hydrogen (secondary N) is 2. The first-order chi connectivity index (χ1) is 28.4. The van der Waals surface area contributed by atoms with Gasteiger partial charge in [0.05, 0.1) is 11.0 Å². The molecule has 2 aliphatic rings. The maximum atomic E-state index is 11.4. The monoisotopic (exact) mass is 932 g/mol. The van der Waals surface area contributed by atoms with Crippen LogP contribution < -0.4 is 9.47 Å². The van der Waals surface area contributed by atoms with Crippen LogP contribution in [-0.4, -0.2) is 164 Å². The number of carbonyl (C=O) groups is 1. The number of aliphatic hydroxyl groups excluding tert-OH is 2. The number of pyridine rings is 2. The molecular formula is C42H50Br2N10O5. The van der Waals surface area contributed by atoms with Gasteiger partial charge in [-0.25, -0.2) is 19.9 Å². The van der Waals surface area contributed by atoms with Gasteiger partial charge in [-0.05, 0) is 120 Å². The van der Waals surface area contributed by atoms with Gasteiger partial charge in [-0.3, -0.25) is 14.6 Å². The second-order valence-corrected chi connectivity index (χ2v) is 17.0. The molecule has 2 fully saturated rings. The van der Waals surface area contributed by atoms with E-state index in [1.165, 1.54) is 0 Å². The van der Waals surface area contributed by atoms with E-state index in [1.807, 2.05) is 65.6 Å². The van der Waals surface area contributed by atoms with Gasteiger partial charge < -0.3 is 39.5 Å². The Morgan fingerprint density at radius 3 is 1.68 bits per heavy atom. The number of hydrogen-bond acceptors (Lipinski definition) is 12. The maximum Gasteiger partial charge on any atom is 0.219 e. The fourth-order valence-electron chi connectivity index (χ4n) is 7.17. The summed E-state index contributed by atoms with van der Waals surface area (Å²) >= 11 is 6.83. The molecule has 0 spiro atoms. The molecule has 0 radical (unpaired) electrons. The summed E-state index contributed by atoms with van der Waals surface area (Å²) in [6, 6.07) is 19.8. The van der Waals surface area contributed by atoms with E-state index in [0.29, 0.717) is 49.3 Å². The van der Waals surface area contributed by atoms with Gasteiger partial charge in [0.1, 0.15) is 48.6 Å². The zero-order valence-corrected chi connectivity index (χ0v) is 36.6. The fraction of sp³-hybridized carbons (Fsp3) is 0.405. The smallest absolute Gasteiger partial charge is 0.219 e. The van der Waals surface area contributed by atoms with Gasteiger partial charge in [0.25, 0.3) is 0 Å². The summed E-state index contributed by atoms with van der Waals surface area (Å²) in [5, 5.41) is 20.6. The van der Waals surface area contributed by atoms with Crippen molar-refractivity contribution >= 4 is 60.1 Å². The Balaban J connectivity index is 0.000000179. The molecule has 4 aromatic heterocycles. The zero-order valence-electron chi connectivity index (χ0n) is 33.4. The van der Waals surface area contributed by atoms with Crippen LogP contribution in [0.4, 0.5) is 0 Å². The number of hydrogen-bond donors (Lipinski definition) is 4. The summed E-state index contributed by atoms with van der Waals surface area (Å²) in [5.74, 6) is 3.04. The van der Waals surface area contributed by atoms with E-state index in [4.69, 9.17) is 9.47 Å². The molecule has 0 bridgehead atoms. The van der Waals surface area contributed by atoms with Crippen LogP contribution in [0.5, 0.6) is 11.5 Å². The Bertz CT molecular complexity index is 2300. The number of benzene rings is 2. The second kappa shape index (κ2) is 19.7. The zero-order chi connectivity index (χ0) is 41.5. The number of β-amino-alcohol motifs (C(OH)–C–C–N with tert-alkyl or cyclic N) is 2. The highest BCUT2D eigenvalue weighted by Crippen LogP contribution is 2.25. The normalized spacial score (nSPS) is 17.3. The SMILES string of the molecule is CC(=O)N1CCN(CC(O)COc2ccc(-c3nc4ncc(Br)cc4[nH]3)cc2)CC1.CN(C)C1CCN(CC(O)COc2ccc(-c3nc4ncc(Br)cc4[nH]3)cc2)C1. The predicted octanol–water partition coefficient (Wildman–Crippen LogP) is 5.05. The Kier molecular flexibility index (Phi) is 14.2. The summed E-state index contributed by atoms with van der Waals surface area (Å²) in [6.07, 6.45) is 3.51. The number of aromatic nitrogens is 6. The van der Waals surface area contributed by atoms with Crippen molar-refractivity contribution in [2.45, 2.75) is 31.6 Å². The fourth-order valence-corrected chi connectivity index (χ4v) is 7.83. The van der Waals surface area contributed by atoms with Crippen LogP contribution in [0.25, 0.3) is 45.1 Å². The third-order valence-corrected chi connectivity index (χ3v) is 11.3. The lowest BCUT2D eigenvalue weighted by atomic mass is 10.2. The van der Waals surface area contributed by atoms with Gasteiger partial charge >= 0.3 is 0 Å². The summed E-state index contributed by atoms with van der Waals surface area (Å²) in [6.45, 7) is 8.25. The van der Waals surface area contributed by atoms with Gasteiger partial charge in [0.15, 0.2) is 11.3 Å². The average molecular weight is 935 g/mol. The van der Waals surface area contributed by atoms with Crippen LogP contribution in [0.1, 0.15) is 13.3 Å². The summed E-state index contributed by atoms with van der Waals surface area (Å²) in [5.41, 5.74) is 4.99. The van der Waals surface area contributed by atoms with Crippen LogP contribution in [0, 0.1) is 0 Å². The molecule has 8 rings (SSSR count). The number of H-pyrrole nitrogens is 2. The minimum Gasteiger partial charge on any atom is -0.491 e. The number of likely N-dealkylation sites (tertiary alicyclic amines) is 1. The molecule has 312 valence electrons. The van der Waals surface area contributed by atoms with Crippen molar-refractivity contribution in [1.82, 2.24) is 49.5 Å². The molecule has 2 aliphatic heterocycles.